The van der Waals surface area contributed by atoms with Crippen LogP contribution in [0, 0.1) is 0 Å². The quantitative estimate of drug-likeness (QED) is 0.872. The van der Waals surface area contributed by atoms with Gasteiger partial charge in [-0.25, -0.2) is 4.79 Å². The van der Waals surface area contributed by atoms with Crippen LogP contribution in [0.15, 0.2) is 24.3 Å². The van der Waals surface area contributed by atoms with Gasteiger partial charge in [0.1, 0.15) is 0 Å². The zero-order chi connectivity index (χ0) is 14.4. The van der Waals surface area contributed by atoms with Gasteiger partial charge in [-0.1, -0.05) is 12.1 Å². The Morgan fingerprint density at radius 3 is 2.42 bits per heavy atom. The van der Waals surface area contributed by atoms with E-state index >= 15 is 0 Å². The van der Waals surface area contributed by atoms with Crippen molar-refractivity contribution in [2.45, 2.75) is 25.9 Å². The summed E-state index contributed by atoms with van der Waals surface area (Å²) in [5, 5.41) is 2.88. The third kappa shape index (κ3) is 4.76. The zero-order valence-electron chi connectivity index (χ0n) is 12.0. The molecule has 19 heavy (non-hydrogen) atoms. The topological polar surface area (TPSA) is 58.4 Å². The summed E-state index contributed by atoms with van der Waals surface area (Å²) in [5.41, 5.74) is 7.64. The molecule has 0 spiro atoms. The lowest BCUT2D eigenvalue weighted by Crippen LogP contribution is -2.39. The van der Waals surface area contributed by atoms with Gasteiger partial charge in [0.25, 0.3) is 0 Å². The number of nitrogens with two attached hydrogens (primary N) is 1. The van der Waals surface area contributed by atoms with Crippen LogP contribution < -0.4 is 11.1 Å². The number of urea groups is 1. The first-order valence-corrected chi connectivity index (χ1v) is 7.73. The van der Waals surface area contributed by atoms with E-state index in [0.29, 0.717) is 0 Å². The van der Waals surface area contributed by atoms with E-state index in [1.807, 2.05) is 51.4 Å². The van der Waals surface area contributed by atoms with Crippen molar-refractivity contribution in [3.8, 4) is 0 Å². The minimum absolute atomic E-state index is 0.00836. The average Bonchev–Trinajstić information content (AvgIpc) is 2.38. The number of amides is 2. The highest BCUT2D eigenvalue weighted by atomic mass is 32.2. The molecule has 1 aromatic rings. The maximum atomic E-state index is 12.0. The predicted octanol–water partition coefficient (Wildman–Crippen LogP) is 2.92. The largest absolute Gasteiger partial charge is 0.324 e. The van der Waals surface area contributed by atoms with Gasteiger partial charge in [-0.15, -0.1) is 0 Å². The number of carbonyl (C=O) groups is 1. The Hall–Kier alpha value is -1.20. The molecule has 0 saturated heterocycles. The molecule has 3 N–H and O–H groups in total. The first-order chi connectivity index (χ1) is 8.95. The van der Waals surface area contributed by atoms with Crippen LogP contribution in [0.2, 0.25) is 0 Å². The van der Waals surface area contributed by atoms with E-state index in [-0.39, 0.29) is 18.1 Å². The van der Waals surface area contributed by atoms with Gasteiger partial charge in [-0.2, -0.15) is 11.8 Å². The Kier molecular flexibility index (Phi) is 6.18. The van der Waals surface area contributed by atoms with E-state index in [0.717, 1.165) is 17.0 Å². The molecule has 2 unspecified atom stereocenters. The third-order valence-electron chi connectivity index (χ3n) is 3.08. The molecular formula is C14H23N3OS. The number of hydrogen-bond donors (Lipinski definition) is 2. The summed E-state index contributed by atoms with van der Waals surface area (Å²) in [6.45, 7) is 3.97. The summed E-state index contributed by atoms with van der Waals surface area (Å²) in [6.07, 6.45) is 2.04. The van der Waals surface area contributed by atoms with Crippen LogP contribution in [0.1, 0.15) is 25.5 Å². The van der Waals surface area contributed by atoms with E-state index in [2.05, 4.69) is 5.32 Å². The highest BCUT2D eigenvalue weighted by Gasteiger charge is 2.15. The molecule has 0 heterocycles. The van der Waals surface area contributed by atoms with E-state index in [1.165, 1.54) is 0 Å². The molecule has 4 nitrogen and oxygen atoms in total. The Balaban J connectivity index is 2.61. The molecular weight excluding hydrogens is 258 g/mol. The molecule has 0 bridgehead atoms. The number of nitrogens with zero attached hydrogens (tertiary/aromatic N) is 1. The first kappa shape index (κ1) is 15.9. The van der Waals surface area contributed by atoms with Gasteiger partial charge >= 0.3 is 6.03 Å². The zero-order valence-corrected chi connectivity index (χ0v) is 12.8. The van der Waals surface area contributed by atoms with Crippen molar-refractivity contribution in [1.82, 2.24) is 4.90 Å². The van der Waals surface area contributed by atoms with Gasteiger partial charge in [-0.05, 0) is 37.8 Å². The van der Waals surface area contributed by atoms with Crippen molar-refractivity contribution >= 4 is 23.5 Å². The molecule has 2 atom stereocenters. The highest BCUT2D eigenvalue weighted by Crippen LogP contribution is 2.15. The fourth-order valence-corrected chi connectivity index (χ4v) is 2.34. The highest BCUT2D eigenvalue weighted by molar-refractivity contribution is 7.98. The number of carbonyl (C=O) groups excluding carboxylic acids is 1. The van der Waals surface area contributed by atoms with Gasteiger partial charge in [0, 0.05) is 30.6 Å². The molecule has 0 fully saturated rings. The van der Waals surface area contributed by atoms with Crippen molar-refractivity contribution in [3.05, 3.63) is 29.8 Å². The van der Waals surface area contributed by atoms with Crippen molar-refractivity contribution in [1.29, 1.82) is 0 Å². The third-order valence-corrected chi connectivity index (χ3v) is 3.89. The second-order valence-electron chi connectivity index (χ2n) is 4.76. The van der Waals surface area contributed by atoms with E-state index in [1.54, 1.807) is 16.7 Å². The van der Waals surface area contributed by atoms with E-state index < -0.39 is 0 Å². The molecule has 0 aliphatic carbocycles. The van der Waals surface area contributed by atoms with E-state index in [4.69, 9.17) is 5.73 Å². The Labute approximate surface area is 119 Å². The minimum Gasteiger partial charge on any atom is -0.324 e. The Morgan fingerprint density at radius 2 is 1.95 bits per heavy atom. The van der Waals surface area contributed by atoms with Crippen LogP contribution >= 0.6 is 11.8 Å². The number of hydrogen-bond acceptors (Lipinski definition) is 3. The molecule has 0 saturated carbocycles. The standard InChI is InChI=1S/C14H23N3OS/c1-10(9-19-4)17(3)14(18)16-13-7-5-12(6-8-13)11(2)15/h5-8,10-11H,9,15H2,1-4H3,(H,16,18). The van der Waals surface area contributed by atoms with Crippen LogP contribution in [0.4, 0.5) is 10.5 Å². The monoisotopic (exact) mass is 281 g/mol. The smallest absolute Gasteiger partial charge is 0.321 e. The fourth-order valence-electron chi connectivity index (χ4n) is 1.63. The molecule has 0 aliphatic rings. The van der Waals surface area contributed by atoms with Crippen LogP contribution in [-0.4, -0.2) is 36.0 Å². The molecule has 106 valence electrons. The van der Waals surface area contributed by atoms with Gasteiger partial charge in [0.15, 0.2) is 0 Å². The molecule has 0 aliphatic heterocycles. The van der Waals surface area contributed by atoms with Crippen molar-refractivity contribution in [2.24, 2.45) is 5.73 Å². The second-order valence-corrected chi connectivity index (χ2v) is 5.67. The van der Waals surface area contributed by atoms with Gasteiger partial charge in [0.05, 0.1) is 0 Å². The number of rotatable bonds is 5. The first-order valence-electron chi connectivity index (χ1n) is 6.34. The molecule has 0 radical (unpaired) electrons. The maximum Gasteiger partial charge on any atom is 0.321 e. The van der Waals surface area contributed by atoms with Crippen molar-refractivity contribution in [3.63, 3.8) is 0 Å². The summed E-state index contributed by atoms with van der Waals surface area (Å²) in [6, 6.07) is 7.76. The van der Waals surface area contributed by atoms with Gasteiger partial charge in [-0.3, -0.25) is 0 Å². The normalized spacial score (nSPS) is 13.7. The van der Waals surface area contributed by atoms with Crippen LogP contribution in [0.25, 0.3) is 0 Å². The lowest BCUT2D eigenvalue weighted by molar-refractivity contribution is 0.212. The van der Waals surface area contributed by atoms with Crippen LogP contribution in [0.3, 0.4) is 0 Å². The Morgan fingerprint density at radius 1 is 1.37 bits per heavy atom. The number of thioether (sulfide) groups is 1. The van der Waals surface area contributed by atoms with Gasteiger partial charge in [0.2, 0.25) is 0 Å². The van der Waals surface area contributed by atoms with Crippen LogP contribution in [-0.2, 0) is 0 Å². The van der Waals surface area contributed by atoms with Crippen molar-refractivity contribution < 1.29 is 4.79 Å². The summed E-state index contributed by atoms with van der Waals surface area (Å²) >= 11 is 1.73. The summed E-state index contributed by atoms with van der Waals surface area (Å²) < 4.78 is 0. The molecule has 5 heteroatoms. The molecule has 0 aromatic heterocycles. The van der Waals surface area contributed by atoms with E-state index in [9.17, 15) is 4.79 Å². The average molecular weight is 281 g/mol. The number of anilines is 1. The lowest BCUT2D eigenvalue weighted by Gasteiger charge is -2.24. The van der Waals surface area contributed by atoms with Gasteiger partial charge < -0.3 is 16.0 Å². The van der Waals surface area contributed by atoms with Crippen molar-refractivity contribution in [2.75, 3.05) is 24.4 Å². The molecule has 1 rings (SSSR count). The summed E-state index contributed by atoms with van der Waals surface area (Å²) in [5.74, 6) is 0.924. The lowest BCUT2D eigenvalue weighted by atomic mass is 10.1. The SMILES string of the molecule is CSCC(C)N(C)C(=O)Nc1ccc(C(C)N)cc1. The Bertz CT molecular complexity index is 406. The minimum atomic E-state index is -0.0879. The summed E-state index contributed by atoms with van der Waals surface area (Å²) in [4.78, 5) is 13.7. The second kappa shape index (κ2) is 7.40. The molecule has 2 amide bonds. The maximum absolute atomic E-state index is 12.0. The van der Waals surface area contributed by atoms with Crippen LogP contribution in [0.5, 0.6) is 0 Å². The fraction of sp³-hybridized carbons (Fsp3) is 0.500. The summed E-state index contributed by atoms with van der Waals surface area (Å²) in [7, 11) is 1.81. The predicted molar refractivity (Wildman–Crippen MR) is 83.7 cm³/mol. The number of benzene rings is 1. The number of nitrogens with one attached hydrogen (secondary N) is 1. The molecule has 1 aromatic carbocycles.